The van der Waals surface area contributed by atoms with Gasteiger partial charge in [0.2, 0.25) is 5.88 Å². The number of halogens is 2. The molecule has 0 unspecified atom stereocenters. The van der Waals surface area contributed by atoms with E-state index in [4.69, 9.17) is 15.7 Å². The molecule has 6 nitrogen and oxygen atoms in total. The van der Waals surface area contributed by atoms with Crippen LogP contribution in [0.25, 0.3) is 0 Å². The number of amidine groups is 1. The van der Waals surface area contributed by atoms with Crippen LogP contribution < -0.4 is 10.5 Å². The second-order valence-corrected chi connectivity index (χ2v) is 4.33. The first kappa shape index (κ1) is 13.2. The zero-order valence-corrected chi connectivity index (χ0v) is 11.0. The van der Waals surface area contributed by atoms with Crippen molar-refractivity contribution in [2.75, 3.05) is 0 Å². The number of hydrogen-bond donors (Lipinski definition) is 2. The van der Waals surface area contributed by atoms with Crippen molar-refractivity contribution in [3.8, 4) is 11.6 Å². The molecule has 19 heavy (non-hydrogen) atoms. The zero-order chi connectivity index (χ0) is 13.8. The monoisotopic (exact) mass is 326 g/mol. The number of oxime groups is 1. The van der Waals surface area contributed by atoms with Crippen molar-refractivity contribution in [1.82, 2.24) is 10.2 Å². The Kier molecular flexibility index (Phi) is 3.91. The first-order valence-corrected chi connectivity index (χ1v) is 5.83. The van der Waals surface area contributed by atoms with Crippen LogP contribution in [-0.2, 0) is 0 Å². The summed E-state index contributed by atoms with van der Waals surface area (Å²) in [5, 5.41) is 18.8. The maximum atomic E-state index is 13.6. The van der Waals surface area contributed by atoms with Gasteiger partial charge in [0.25, 0.3) is 0 Å². The van der Waals surface area contributed by atoms with Crippen LogP contribution in [0.2, 0.25) is 0 Å². The Hall–Kier alpha value is -2.22. The van der Waals surface area contributed by atoms with Gasteiger partial charge in [0.05, 0.1) is 11.8 Å². The average Bonchev–Trinajstić information content (AvgIpc) is 2.41. The van der Waals surface area contributed by atoms with Crippen LogP contribution in [0.5, 0.6) is 11.6 Å². The van der Waals surface area contributed by atoms with Crippen LogP contribution in [0.1, 0.15) is 5.56 Å². The molecule has 0 saturated heterocycles. The topological polar surface area (TPSA) is 93.6 Å². The molecule has 0 amide bonds. The largest absolute Gasteiger partial charge is 0.434 e. The molecule has 0 atom stereocenters. The molecule has 0 saturated carbocycles. The fourth-order valence-electron chi connectivity index (χ4n) is 1.31. The summed E-state index contributed by atoms with van der Waals surface area (Å²) in [6.07, 6.45) is 1.35. The third kappa shape index (κ3) is 2.97. The quantitative estimate of drug-likeness (QED) is 0.390. The highest BCUT2D eigenvalue weighted by Crippen LogP contribution is 2.27. The van der Waals surface area contributed by atoms with Crippen molar-refractivity contribution < 1.29 is 14.3 Å². The zero-order valence-electron chi connectivity index (χ0n) is 9.42. The van der Waals surface area contributed by atoms with Gasteiger partial charge >= 0.3 is 0 Å². The summed E-state index contributed by atoms with van der Waals surface area (Å²) < 4.78 is 19.5. The lowest BCUT2D eigenvalue weighted by Crippen LogP contribution is -2.15. The lowest BCUT2D eigenvalue weighted by molar-refractivity contribution is 0.318. The van der Waals surface area contributed by atoms with Gasteiger partial charge in [-0.1, -0.05) is 21.1 Å². The van der Waals surface area contributed by atoms with Crippen LogP contribution in [0.3, 0.4) is 0 Å². The Morgan fingerprint density at radius 3 is 2.89 bits per heavy atom. The van der Waals surface area contributed by atoms with Gasteiger partial charge < -0.3 is 15.7 Å². The van der Waals surface area contributed by atoms with Crippen molar-refractivity contribution >= 4 is 21.8 Å². The molecule has 0 aliphatic heterocycles. The molecular weight excluding hydrogens is 319 g/mol. The van der Waals surface area contributed by atoms with Gasteiger partial charge in [-0.3, -0.25) is 0 Å². The lowest BCUT2D eigenvalue weighted by atomic mass is 10.2. The molecule has 1 heterocycles. The molecule has 0 aliphatic rings. The molecule has 8 heteroatoms. The molecule has 2 rings (SSSR count). The predicted molar refractivity (Wildman–Crippen MR) is 68.7 cm³/mol. The van der Waals surface area contributed by atoms with Crippen molar-refractivity contribution in [3.63, 3.8) is 0 Å². The van der Waals surface area contributed by atoms with Crippen molar-refractivity contribution in [3.05, 3.63) is 46.3 Å². The van der Waals surface area contributed by atoms with E-state index in [1.807, 2.05) is 0 Å². The Morgan fingerprint density at radius 1 is 1.42 bits per heavy atom. The normalized spacial score (nSPS) is 11.4. The molecule has 2 aromatic rings. The summed E-state index contributed by atoms with van der Waals surface area (Å²) in [7, 11) is 0. The van der Waals surface area contributed by atoms with Crippen LogP contribution >= 0.6 is 15.9 Å². The number of nitrogens with two attached hydrogens (primary N) is 1. The number of aromatic nitrogens is 2. The van der Waals surface area contributed by atoms with Crippen LogP contribution in [0.4, 0.5) is 4.39 Å². The molecule has 3 N–H and O–H groups in total. The van der Waals surface area contributed by atoms with Gasteiger partial charge in [0.1, 0.15) is 0 Å². The standard InChI is InChI=1S/C11H8BrFN4O2/c12-6-1-2-9(8(13)5-6)19-11-7(10(14)17-18)3-4-15-16-11/h1-5,18H,(H2,14,17). The summed E-state index contributed by atoms with van der Waals surface area (Å²) in [6, 6.07) is 5.71. The van der Waals surface area contributed by atoms with E-state index in [0.717, 1.165) is 0 Å². The Balaban J connectivity index is 2.38. The summed E-state index contributed by atoms with van der Waals surface area (Å²) in [4.78, 5) is 0. The minimum atomic E-state index is -0.578. The molecule has 0 bridgehead atoms. The van der Waals surface area contributed by atoms with E-state index in [2.05, 4.69) is 31.3 Å². The maximum Gasteiger partial charge on any atom is 0.250 e. The highest BCUT2D eigenvalue weighted by Gasteiger charge is 2.13. The third-order valence-corrected chi connectivity index (χ3v) is 2.66. The van der Waals surface area contributed by atoms with Gasteiger partial charge in [-0.15, -0.1) is 5.10 Å². The van der Waals surface area contributed by atoms with Crippen molar-refractivity contribution in [2.45, 2.75) is 0 Å². The van der Waals surface area contributed by atoms with Gasteiger partial charge in [0, 0.05) is 4.47 Å². The van der Waals surface area contributed by atoms with Crippen LogP contribution in [0.15, 0.2) is 40.1 Å². The first-order valence-electron chi connectivity index (χ1n) is 5.04. The smallest absolute Gasteiger partial charge is 0.250 e. The lowest BCUT2D eigenvalue weighted by Gasteiger charge is -2.08. The fraction of sp³-hybridized carbons (Fsp3) is 0. The van der Waals surface area contributed by atoms with E-state index in [9.17, 15) is 4.39 Å². The average molecular weight is 327 g/mol. The Morgan fingerprint density at radius 2 is 2.21 bits per heavy atom. The van der Waals surface area contributed by atoms with Crippen molar-refractivity contribution in [1.29, 1.82) is 0 Å². The number of nitrogens with zero attached hydrogens (tertiary/aromatic N) is 3. The number of hydrogen-bond acceptors (Lipinski definition) is 5. The van der Waals surface area contributed by atoms with E-state index in [1.54, 1.807) is 6.07 Å². The van der Waals surface area contributed by atoms with Crippen LogP contribution in [0, 0.1) is 5.82 Å². The predicted octanol–water partition coefficient (Wildman–Crippen LogP) is 2.27. The molecule has 0 fully saturated rings. The molecule has 0 aliphatic carbocycles. The number of rotatable bonds is 3. The molecule has 98 valence electrons. The highest BCUT2D eigenvalue weighted by molar-refractivity contribution is 9.10. The third-order valence-electron chi connectivity index (χ3n) is 2.17. The van der Waals surface area contributed by atoms with Gasteiger partial charge in [-0.25, -0.2) is 4.39 Å². The van der Waals surface area contributed by atoms with Gasteiger partial charge in [-0.05, 0) is 24.3 Å². The summed E-state index contributed by atoms with van der Waals surface area (Å²) in [5.41, 5.74) is 5.67. The summed E-state index contributed by atoms with van der Waals surface area (Å²) >= 11 is 3.13. The molecule has 1 aromatic heterocycles. The maximum absolute atomic E-state index is 13.6. The number of ether oxygens (including phenoxy) is 1. The molecule has 1 aromatic carbocycles. The Bertz CT molecular complexity index is 636. The highest BCUT2D eigenvalue weighted by atomic mass is 79.9. The van der Waals surface area contributed by atoms with Gasteiger partial charge in [0.15, 0.2) is 17.4 Å². The molecular formula is C11H8BrFN4O2. The second-order valence-electron chi connectivity index (χ2n) is 3.41. The van der Waals surface area contributed by atoms with Crippen molar-refractivity contribution in [2.24, 2.45) is 10.9 Å². The summed E-state index contributed by atoms with van der Waals surface area (Å²) in [5.74, 6) is -0.886. The fourth-order valence-corrected chi connectivity index (χ4v) is 1.64. The minimum Gasteiger partial charge on any atom is -0.434 e. The molecule has 0 spiro atoms. The van der Waals surface area contributed by atoms with E-state index in [-0.39, 0.29) is 23.0 Å². The second kappa shape index (κ2) is 5.61. The first-order chi connectivity index (χ1) is 9.11. The van der Waals surface area contributed by atoms with E-state index < -0.39 is 5.82 Å². The number of benzene rings is 1. The van der Waals surface area contributed by atoms with Gasteiger partial charge in [-0.2, -0.15) is 5.10 Å². The Labute approximate surface area is 115 Å². The van der Waals surface area contributed by atoms with E-state index in [0.29, 0.717) is 4.47 Å². The molecule has 0 radical (unpaired) electrons. The van der Waals surface area contributed by atoms with E-state index >= 15 is 0 Å². The summed E-state index contributed by atoms with van der Waals surface area (Å²) in [6.45, 7) is 0. The SMILES string of the molecule is N/C(=N/O)c1ccnnc1Oc1ccc(Br)cc1F. The van der Waals surface area contributed by atoms with E-state index in [1.165, 1.54) is 24.4 Å². The minimum absolute atomic E-state index is 0.0457. The van der Waals surface area contributed by atoms with Crippen LogP contribution in [-0.4, -0.2) is 21.2 Å².